The Kier molecular flexibility index (Phi) is 10.1. The minimum atomic E-state index is 0.737. The summed E-state index contributed by atoms with van der Waals surface area (Å²) in [5.41, 5.74) is 0. The van der Waals surface area contributed by atoms with Gasteiger partial charge in [0.25, 0.3) is 0 Å². The molecule has 2 unspecified atom stereocenters. The summed E-state index contributed by atoms with van der Waals surface area (Å²) in [6.07, 6.45) is 9.48. The van der Waals surface area contributed by atoms with Crippen LogP contribution in [0.4, 0.5) is 0 Å². The van der Waals surface area contributed by atoms with E-state index < -0.39 is 0 Å². The smallest absolute Gasteiger partial charge is 0.00948 e. The summed E-state index contributed by atoms with van der Waals surface area (Å²) in [6.45, 7) is 9.29. The SMILES string of the molecule is CCCCC(CC)C(CC(CC)CC)NC. The van der Waals surface area contributed by atoms with Gasteiger partial charge in [0.15, 0.2) is 0 Å². The fourth-order valence-corrected chi connectivity index (χ4v) is 2.68. The standard InChI is InChI=1S/C15H33N/c1-6-10-11-14(9-4)15(16-5)12-13(7-2)8-3/h13-16H,6-12H2,1-5H3. The normalized spacial score (nSPS) is 15.4. The van der Waals surface area contributed by atoms with Crippen LogP contribution < -0.4 is 5.32 Å². The topological polar surface area (TPSA) is 12.0 Å². The quantitative estimate of drug-likeness (QED) is 0.574. The first kappa shape index (κ1) is 16.0. The third kappa shape index (κ3) is 5.89. The second kappa shape index (κ2) is 10.1. The Hall–Kier alpha value is -0.0400. The molecular weight excluding hydrogens is 194 g/mol. The van der Waals surface area contributed by atoms with E-state index in [1.54, 1.807) is 0 Å². The van der Waals surface area contributed by atoms with Crippen molar-refractivity contribution in [3.8, 4) is 0 Å². The molecule has 0 saturated carbocycles. The Morgan fingerprint density at radius 1 is 0.938 bits per heavy atom. The van der Waals surface area contributed by atoms with E-state index in [-0.39, 0.29) is 0 Å². The highest BCUT2D eigenvalue weighted by Crippen LogP contribution is 2.24. The lowest BCUT2D eigenvalue weighted by atomic mass is 9.84. The second-order valence-electron chi connectivity index (χ2n) is 5.12. The number of rotatable bonds is 10. The Morgan fingerprint density at radius 3 is 1.94 bits per heavy atom. The van der Waals surface area contributed by atoms with Crippen molar-refractivity contribution in [1.82, 2.24) is 5.32 Å². The Labute approximate surface area is 103 Å². The number of hydrogen-bond acceptors (Lipinski definition) is 1. The van der Waals surface area contributed by atoms with E-state index in [2.05, 4.69) is 40.1 Å². The van der Waals surface area contributed by atoms with Crippen molar-refractivity contribution in [2.75, 3.05) is 7.05 Å². The van der Waals surface area contributed by atoms with Gasteiger partial charge in [-0.2, -0.15) is 0 Å². The molecule has 1 N–H and O–H groups in total. The van der Waals surface area contributed by atoms with Crippen molar-refractivity contribution in [1.29, 1.82) is 0 Å². The van der Waals surface area contributed by atoms with Gasteiger partial charge in [0.2, 0.25) is 0 Å². The van der Waals surface area contributed by atoms with Crippen LogP contribution in [0.25, 0.3) is 0 Å². The summed E-state index contributed by atoms with van der Waals surface area (Å²) in [6, 6.07) is 0.737. The van der Waals surface area contributed by atoms with Crippen molar-refractivity contribution in [3.05, 3.63) is 0 Å². The monoisotopic (exact) mass is 227 g/mol. The minimum Gasteiger partial charge on any atom is -0.317 e. The zero-order chi connectivity index (χ0) is 12.4. The van der Waals surface area contributed by atoms with Crippen LogP contribution in [0.2, 0.25) is 0 Å². The molecule has 0 rings (SSSR count). The summed E-state index contributed by atoms with van der Waals surface area (Å²) >= 11 is 0. The van der Waals surface area contributed by atoms with Gasteiger partial charge >= 0.3 is 0 Å². The Balaban J connectivity index is 4.19. The molecule has 1 heteroatoms. The fraction of sp³-hybridized carbons (Fsp3) is 1.00. The summed E-state index contributed by atoms with van der Waals surface area (Å²) in [4.78, 5) is 0. The maximum atomic E-state index is 3.56. The van der Waals surface area contributed by atoms with Crippen LogP contribution in [0.1, 0.15) is 72.6 Å². The highest BCUT2D eigenvalue weighted by Gasteiger charge is 2.20. The van der Waals surface area contributed by atoms with E-state index in [4.69, 9.17) is 0 Å². The average molecular weight is 227 g/mol. The van der Waals surface area contributed by atoms with Gasteiger partial charge in [-0.1, -0.05) is 59.8 Å². The van der Waals surface area contributed by atoms with Crippen molar-refractivity contribution in [2.45, 2.75) is 78.7 Å². The molecule has 0 bridgehead atoms. The minimum absolute atomic E-state index is 0.737. The molecule has 0 fully saturated rings. The fourth-order valence-electron chi connectivity index (χ4n) is 2.68. The van der Waals surface area contributed by atoms with Crippen LogP contribution in [0.15, 0.2) is 0 Å². The molecule has 2 atom stereocenters. The average Bonchev–Trinajstić information content (AvgIpc) is 2.33. The summed E-state index contributed by atoms with van der Waals surface area (Å²) in [5, 5.41) is 3.56. The molecule has 0 spiro atoms. The van der Waals surface area contributed by atoms with E-state index in [1.807, 2.05) is 0 Å². The molecule has 0 radical (unpaired) electrons. The molecule has 0 aromatic carbocycles. The van der Waals surface area contributed by atoms with Crippen molar-refractivity contribution in [3.63, 3.8) is 0 Å². The van der Waals surface area contributed by atoms with E-state index in [1.165, 1.54) is 44.9 Å². The maximum absolute atomic E-state index is 3.56. The lowest BCUT2D eigenvalue weighted by Crippen LogP contribution is -2.35. The molecular formula is C15H33N. The Morgan fingerprint density at radius 2 is 1.56 bits per heavy atom. The largest absolute Gasteiger partial charge is 0.317 e. The lowest BCUT2D eigenvalue weighted by molar-refractivity contribution is 0.271. The van der Waals surface area contributed by atoms with Crippen LogP contribution in [0, 0.1) is 11.8 Å². The number of unbranched alkanes of at least 4 members (excludes halogenated alkanes) is 1. The molecule has 0 saturated heterocycles. The van der Waals surface area contributed by atoms with E-state index in [0.717, 1.165) is 17.9 Å². The second-order valence-corrected chi connectivity index (χ2v) is 5.12. The highest BCUT2D eigenvalue weighted by atomic mass is 14.9. The molecule has 0 aliphatic heterocycles. The van der Waals surface area contributed by atoms with Gasteiger partial charge in [-0.15, -0.1) is 0 Å². The van der Waals surface area contributed by atoms with E-state index in [0.29, 0.717) is 0 Å². The van der Waals surface area contributed by atoms with Gasteiger partial charge < -0.3 is 5.32 Å². The maximum Gasteiger partial charge on any atom is 0.00948 e. The molecule has 0 aliphatic carbocycles. The van der Waals surface area contributed by atoms with Crippen molar-refractivity contribution >= 4 is 0 Å². The predicted octanol–water partition coefficient (Wildman–Crippen LogP) is 4.62. The summed E-state index contributed by atoms with van der Waals surface area (Å²) < 4.78 is 0. The lowest BCUT2D eigenvalue weighted by Gasteiger charge is -2.29. The summed E-state index contributed by atoms with van der Waals surface area (Å²) in [7, 11) is 2.14. The molecule has 98 valence electrons. The third-order valence-corrected chi connectivity index (χ3v) is 4.13. The van der Waals surface area contributed by atoms with Crippen LogP contribution >= 0.6 is 0 Å². The van der Waals surface area contributed by atoms with Crippen LogP contribution in [0.5, 0.6) is 0 Å². The van der Waals surface area contributed by atoms with Crippen LogP contribution in [-0.4, -0.2) is 13.1 Å². The first-order valence-corrected chi connectivity index (χ1v) is 7.40. The van der Waals surface area contributed by atoms with E-state index >= 15 is 0 Å². The van der Waals surface area contributed by atoms with Crippen LogP contribution in [-0.2, 0) is 0 Å². The first-order chi connectivity index (χ1) is 7.73. The first-order valence-electron chi connectivity index (χ1n) is 7.40. The predicted molar refractivity (Wildman–Crippen MR) is 74.8 cm³/mol. The van der Waals surface area contributed by atoms with Gasteiger partial charge in [-0.3, -0.25) is 0 Å². The molecule has 16 heavy (non-hydrogen) atoms. The molecule has 0 aliphatic rings. The zero-order valence-corrected chi connectivity index (χ0v) is 12.2. The highest BCUT2D eigenvalue weighted by molar-refractivity contribution is 4.77. The third-order valence-electron chi connectivity index (χ3n) is 4.13. The van der Waals surface area contributed by atoms with Gasteiger partial charge in [0, 0.05) is 6.04 Å². The van der Waals surface area contributed by atoms with Crippen molar-refractivity contribution in [2.24, 2.45) is 11.8 Å². The molecule has 0 amide bonds. The molecule has 0 aromatic rings. The van der Waals surface area contributed by atoms with E-state index in [9.17, 15) is 0 Å². The number of nitrogens with one attached hydrogen (secondary N) is 1. The molecule has 0 heterocycles. The Bertz CT molecular complexity index is 140. The number of hydrogen-bond donors (Lipinski definition) is 1. The van der Waals surface area contributed by atoms with Gasteiger partial charge in [0.1, 0.15) is 0 Å². The molecule has 0 aromatic heterocycles. The van der Waals surface area contributed by atoms with Gasteiger partial charge in [-0.25, -0.2) is 0 Å². The molecule has 1 nitrogen and oxygen atoms in total. The summed E-state index contributed by atoms with van der Waals surface area (Å²) in [5.74, 6) is 1.79. The van der Waals surface area contributed by atoms with Crippen LogP contribution in [0.3, 0.4) is 0 Å². The van der Waals surface area contributed by atoms with Gasteiger partial charge in [0.05, 0.1) is 0 Å². The van der Waals surface area contributed by atoms with Gasteiger partial charge in [-0.05, 0) is 31.7 Å². The zero-order valence-electron chi connectivity index (χ0n) is 12.2. The van der Waals surface area contributed by atoms with Crippen molar-refractivity contribution < 1.29 is 0 Å².